The van der Waals surface area contributed by atoms with Crippen molar-refractivity contribution in [2.45, 2.75) is 49.5 Å². The number of halogens is 2. The van der Waals surface area contributed by atoms with Gasteiger partial charge < -0.3 is 11.1 Å². The Morgan fingerprint density at radius 1 is 0.860 bits per heavy atom. The normalized spacial score (nSPS) is 13.0. The lowest BCUT2D eigenvalue weighted by atomic mass is 9.88. The second kappa shape index (κ2) is 15.0. The zero-order valence-electron chi connectivity index (χ0n) is 24.1. The van der Waals surface area contributed by atoms with Gasteiger partial charge in [0.15, 0.2) is 0 Å². The third kappa shape index (κ3) is 8.13. The van der Waals surface area contributed by atoms with Crippen LogP contribution < -0.4 is 11.1 Å². The van der Waals surface area contributed by atoms with E-state index in [0.29, 0.717) is 12.1 Å². The molecule has 4 aromatic carbocycles. The fourth-order valence-electron chi connectivity index (χ4n) is 5.26. The Labute approximate surface area is 252 Å². The molecule has 0 saturated heterocycles. The number of sulfonamides is 1. The first kappa shape index (κ1) is 32.0. The Morgan fingerprint density at radius 3 is 2.12 bits per heavy atom. The maximum atomic E-state index is 15.2. The van der Waals surface area contributed by atoms with Crippen LogP contribution in [0.4, 0.5) is 14.5 Å². The SMILES string of the molecule is CCCN([C@@H](CN)CCc1c(F)cccc1NC(=O)CC(c1ccccc1)c1ccc(F)cc1)S(=O)(=O)c1ccccc1. The van der Waals surface area contributed by atoms with Gasteiger partial charge in [0.25, 0.3) is 0 Å². The smallest absolute Gasteiger partial charge is 0.243 e. The first-order chi connectivity index (χ1) is 20.7. The number of anilines is 1. The van der Waals surface area contributed by atoms with Gasteiger partial charge in [-0.15, -0.1) is 0 Å². The van der Waals surface area contributed by atoms with Crippen LogP contribution in [0.1, 0.15) is 48.8 Å². The van der Waals surface area contributed by atoms with Crippen LogP contribution in [0.3, 0.4) is 0 Å². The van der Waals surface area contributed by atoms with Crippen LogP contribution in [0.15, 0.2) is 108 Å². The standard InChI is InChI=1S/C34H37F2N3O3S/c1-2-22-39(43(41,42)29-12-7-4-8-13-29)28(24-37)20-21-30-32(36)14-9-15-33(30)38-34(40)23-31(25-10-5-3-6-11-25)26-16-18-27(35)19-17-26/h3-19,28,31H,2,20-24,37H2,1H3,(H,38,40)/t28-,31?/m1/s1. The second-order valence-electron chi connectivity index (χ2n) is 10.4. The quantitative estimate of drug-likeness (QED) is 0.172. The number of amides is 1. The molecule has 1 amide bonds. The minimum atomic E-state index is -3.82. The average molecular weight is 606 g/mol. The molecule has 0 aromatic heterocycles. The van der Waals surface area contributed by atoms with Gasteiger partial charge in [-0.05, 0) is 66.8 Å². The van der Waals surface area contributed by atoms with Gasteiger partial charge in [-0.3, -0.25) is 4.79 Å². The van der Waals surface area contributed by atoms with Crippen molar-refractivity contribution in [3.8, 4) is 0 Å². The molecule has 2 atom stereocenters. The van der Waals surface area contributed by atoms with E-state index in [2.05, 4.69) is 5.32 Å². The van der Waals surface area contributed by atoms with Crippen LogP contribution in [0, 0.1) is 11.6 Å². The summed E-state index contributed by atoms with van der Waals surface area (Å²) in [5.41, 5.74) is 8.35. The number of carbonyl (C=O) groups is 1. The Morgan fingerprint density at radius 2 is 1.49 bits per heavy atom. The highest BCUT2D eigenvalue weighted by Gasteiger charge is 2.30. The van der Waals surface area contributed by atoms with E-state index in [0.717, 1.165) is 11.1 Å². The minimum Gasteiger partial charge on any atom is -0.329 e. The van der Waals surface area contributed by atoms with E-state index in [-0.39, 0.29) is 60.5 Å². The maximum Gasteiger partial charge on any atom is 0.243 e. The van der Waals surface area contributed by atoms with Crippen LogP contribution in [0.25, 0.3) is 0 Å². The van der Waals surface area contributed by atoms with Crippen molar-refractivity contribution in [3.63, 3.8) is 0 Å². The molecule has 0 aliphatic carbocycles. The van der Waals surface area contributed by atoms with Gasteiger partial charge >= 0.3 is 0 Å². The number of nitrogens with one attached hydrogen (secondary N) is 1. The average Bonchev–Trinajstić information content (AvgIpc) is 3.02. The first-order valence-corrected chi connectivity index (χ1v) is 15.8. The molecule has 6 nitrogen and oxygen atoms in total. The summed E-state index contributed by atoms with van der Waals surface area (Å²) in [5, 5.41) is 2.87. The number of nitrogens with zero attached hydrogens (tertiary/aromatic N) is 1. The van der Waals surface area contributed by atoms with Crippen LogP contribution >= 0.6 is 0 Å². The van der Waals surface area contributed by atoms with Gasteiger partial charge in [-0.25, -0.2) is 17.2 Å². The van der Waals surface area contributed by atoms with Gasteiger partial charge in [-0.2, -0.15) is 4.31 Å². The highest BCUT2D eigenvalue weighted by Crippen LogP contribution is 2.30. The summed E-state index contributed by atoms with van der Waals surface area (Å²) < 4.78 is 57.2. The number of hydrogen-bond donors (Lipinski definition) is 2. The van der Waals surface area contributed by atoms with Crippen molar-refractivity contribution in [2.24, 2.45) is 5.73 Å². The molecule has 0 fully saturated rings. The number of benzene rings is 4. The van der Waals surface area contributed by atoms with E-state index < -0.39 is 21.9 Å². The van der Waals surface area contributed by atoms with Crippen LogP contribution in [0.5, 0.6) is 0 Å². The predicted octanol–water partition coefficient (Wildman–Crippen LogP) is 6.49. The van der Waals surface area contributed by atoms with Crippen molar-refractivity contribution >= 4 is 21.6 Å². The van der Waals surface area contributed by atoms with E-state index >= 15 is 4.39 Å². The maximum absolute atomic E-state index is 15.2. The molecule has 0 saturated carbocycles. The Bertz CT molecular complexity index is 1580. The lowest BCUT2D eigenvalue weighted by Gasteiger charge is -2.30. The Hall–Kier alpha value is -3.92. The number of rotatable bonds is 14. The van der Waals surface area contributed by atoms with Gasteiger partial charge in [0.1, 0.15) is 11.6 Å². The van der Waals surface area contributed by atoms with Crippen LogP contribution in [0.2, 0.25) is 0 Å². The molecule has 1 unspecified atom stereocenters. The molecule has 4 aromatic rings. The Balaban J connectivity index is 1.54. The molecule has 0 bridgehead atoms. The van der Waals surface area contributed by atoms with Gasteiger partial charge in [0, 0.05) is 42.7 Å². The zero-order chi connectivity index (χ0) is 30.8. The van der Waals surface area contributed by atoms with E-state index in [4.69, 9.17) is 5.73 Å². The summed E-state index contributed by atoms with van der Waals surface area (Å²) in [6, 6.07) is 27.6. The first-order valence-electron chi connectivity index (χ1n) is 14.4. The summed E-state index contributed by atoms with van der Waals surface area (Å²) in [7, 11) is -3.82. The number of hydrogen-bond acceptors (Lipinski definition) is 4. The molecule has 9 heteroatoms. The molecule has 0 spiro atoms. The zero-order valence-corrected chi connectivity index (χ0v) is 24.9. The molecule has 3 N–H and O–H groups in total. The minimum absolute atomic E-state index is 0.0522. The Kier molecular flexibility index (Phi) is 11.2. The molecule has 43 heavy (non-hydrogen) atoms. The van der Waals surface area contributed by atoms with Crippen molar-refractivity contribution in [1.82, 2.24) is 4.31 Å². The predicted molar refractivity (Wildman–Crippen MR) is 166 cm³/mol. The number of carbonyl (C=O) groups excluding carboxylic acids is 1. The van der Waals surface area contributed by atoms with Gasteiger partial charge in [0.2, 0.25) is 15.9 Å². The second-order valence-corrected chi connectivity index (χ2v) is 12.3. The highest BCUT2D eigenvalue weighted by atomic mass is 32.2. The number of nitrogens with two attached hydrogens (primary N) is 1. The molecule has 4 rings (SSSR count). The molecular formula is C34H37F2N3O3S. The van der Waals surface area contributed by atoms with Crippen molar-refractivity contribution < 1.29 is 22.0 Å². The van der Waals surface area contributed by atoms with Crippen LogP contribution in [-0.4, -0.2) is 37.8 Å². The van der Waals surface area contributed by atoms with Gasteiger partial charge in [-0.1, -0.05) is 73.7 Å². The van der Waals surface area contributed by atoms with E-state index in [1.54, 1.807) is 48.5 Å². The summed E-state index contributed by atoms with van der Waals surface area (Å²) in [4.78, 5) is 13.5. The fraction of sp³-hybridized carbons (Fsp3) is 0.265. The molecule has 226 valence electrons. The molecular weight excluding hydrogens is 568 g/mol. The summed E-state index contributed by atoms with van der Waals surface area (Å²) in [5.74, 6) is -1.54. The largest absolute Gasteiger partial charge is 0.329 e. The summed E-state index contributed by atoms with van der Waals surface area (Å²) in [6.07, 6.45) is 1.06. The highest BCUT2D eigenvalue weighted by molar-refractivity contribution is 7.89. The van der Waals surface area contributed by atoms with E-state index in [9.17, 15) is 17.6 Å². The van der Waals surface area contributed by atoms with Crippen molar-refractivity contribution in [2.75, 3.05) is 18.4 Å². The molecule has 0 aliphatic heterocycles. The lowest BCUT2D eigenvalue weighted by molar-refractivity contribution is -0.116. The fourth-order valence-corrected chi connectivity index (χ4v) is 7.04. The topological polar surface area (TPSA) is 92.5 Å². The lowest BCUT2D eigenvalue weighted by Crippen LogP contribution is -2.45. The molecule has 0 radical (unpaired) electrons. The summed E-state index contributed by atoms with van der Waals surface area (Å²) >= 11 is 0. The third-order valence-electron chi connectivity index (χ3n) is 7.46. The summed E-state index contributed by atoms with van der Waals surface area (Å²) in [6.45, 7) is 2.21. The molecule has 0 heterocycles. The molecule has 0 aliphatic rings. The third-order valence-corrected chi connectivity index (χ3v) is 9.42. The van der Waals surface area contributed by atoms with Crippen molar-refractivity contribution in [3.05, 3.63) is 131 Å². The van der Waals surface area contributed by atoms with Gasteiger partial charge in [0.05, 0.1) is 4.90 Å². The van der Waals surface area contributed by atoms with E-state index in [1.165, 1.54) is 28.6 Å². The monoisotopic (exact) mass is 605 g/mol. The van der Waals surface area contributed by atoms with Crippen molar-refractivity contribution in [1.29, 1.82) is 0 Å². The van der Waals surface area contributed by atoms with E-state index in [1.807, 2.05) is 37.3 Å². The van der Waals surface area contributed by atoms with Crippen LogP contribution in [-0.2, 0) is 21.2 Å².